The van der Waals surface area contributed by atoms with E-state index in [9.17, 15) is 9.59 Å². The van der Waals surface area contributed by atoms with Crippen molar-refractivity contribution in [2.75, 3.05) is 12.3 Å². The Kier molecular flexibility index (Phi) is 4.27. The number of hydrogen-bond acceptors (Lipinski definition) is 6. The van der Waals surface area contributed by atoms with E-state index in [0.717, 1.165) is 25.7 Å². The van der Waals surface area contributed by atoms with Gasteiger partial charge in [-0.25, -0.2) is 14.8 Å². The molecule has 1 aromatic rings. The number of anilines is 1. The first-order chi connectivity index (χ1) is 9.16. The molecule has 1 amide bonds. The second-order valence-corrected chi connectivity index (χ2v) is 4.42. The molecule has 0 spiro atoms. The molecule has 102 valence electrons. The van der Waals surface area contributed by atoms with Gasteiger partial charge >= 0.3 is 5.97 Å². The highest BCUT2D eigenvalue weighted by Crippen LogP contribution is 2.17. The molecule has 19 heavy (non-hydrogen) atoms. The van der Waals surface area contributed by atoms with Gasteiger partial charge < -0.3 is 15.8 Å². The summed E-state index contributed by atoms with van der Waals surface area (Å²) >= 11 is 0. The van der Waals surface area contributed by atoms with Gasteiger partial charge in [-0.3, -0.25) is 4.79 Å². The summed E-state index contributed by atoms with van der Waals surface area (Å²) in [6.45, 7) is -0.328. The van der Waals surface area contributed by atoms with Crippen LogP contribution in [-0.4, -0.2) is 34.5 Å². The molecule has 1 fully saturated rings. The predicted octanol–water partition coefficient (Wildman–Crippen LogP) is 0.274. The van der Waals surface area contributed by atoms with E-state index < -0.39 is 5.97 Å². The maximum absolute atomic E-state index is 11.6. The van der Waals surface area contributed by atoms with Crippen molar-refractivity contribution in [2.45, 2.75) is 31.7 Å². The number of aromatic nitrogens is 2. The zero-order valence-corrected chi connectivity index (χ0v) is 10.5. The van der Waals surface area contributed by atoms with Crippen molar-refractivity contribution < 1.29 is 14.3 Å². The largest absolute Gasteiger partial charge is 0.451 e. The molecular formula is C12H16N4O3. The van der Waals surface area contributed by atoms with E-state index in [1.165, 1.54) is 12.4 Å². The SMILES string of the molecule is Nc1nccnc1C(=O)OCC(=O)NC1CCCC1. The number of nitrogen functional groups attached to an aromatic ring is 1. The summed E-state index contributed by atoms with van der Waals surface area (Å²) < 4.78 is 4.85. The number of esters is 1. The highest BCUT2D eigenvalue weighted by molar-refractivity contribution is 5.93. The Morgan fingerprint density at radius 2 is 2.00 bits per heavy atom. The average molecular weight is 264 g/mol. The minimum atomic E-state index is -0.743. The minimum Gasteiger partial charge on any atom is -0.451 e. The molecular weight excluding hydrogens is 248 g/mol. The fourth-order valence-electron chi connectivity index (χ4n) is 2.04. The van der Waals surface area contributed by atoms with Crippen molar-refractivity contribution >= 4 is 17.7 Å². The topological polar surface area (TPSA) is 107 Å². The summed E-state index contributed by atoms with van der Waals surface area (Å²) in [5.41, 5.74) is 5.41. The molecule has 1 aromatic heterocycles. The summed E-state index contributed by atoms with van der Waals surface area (Å²) in [6, 6.07) is 0.202. The van der Waals surface area contributed by atoms with E-state index in [1.807, 2.05) is 0 Å². The summed E-state index contributed by atoms with van der Waals surface area (Å²) in [6.07, 6.45) is 6.93. The Morgan fingerprint density at radius 3 is 2.68 bits per heavy atom. The maximum Gasteiger partial charge on any atom is 0.361 e. The third-order valence-electron chi connectivity index (χ3n) is 2.97. The lowest BCUT2D eigenvalue weighted by Gasteiger charge is -2.11. The fraction of sp³-hybridized carbons (Fsp3) is 0.500. The lowest BCUT2D eigenvalue weighted by atomic mass is 10.2. The van der Waals surface area contributed by atoms with E-state index in [0.29, 0.717) is 0 Å². The molecule has 0 atom stereocenters. The maximum atomic E-state index is 11.6. The van der Waals surface area contributed by atoms with Gasteiger partial charge in [-0.2, -0.15) is 0 Å². The first-order valence-corrected chi connectivity index (χ1v) is 6.20. The summed E-state index contributed by atoms with van der Waals surface area (Å²) in [5, 5.41) is 2.82. The van der Waals surface area contributed by atoms with Gasteiger partial charge in [0.25, 0.3) is 5.91 Å². The fourth-order valence-corrected chi connectivity index (χ4v) is 2.04. The number of amides is 1. The van der Waals surface area contributed by atoms with Crippen LogP contribution < -0.4 is 11.1 Å². The number of nitrogens with zero attached hydrogens (tertiary/aromatic N) is 2. The third-order valence-corrected chi connectivity index (χ3v) is 2.97. The van der Waals surface area contributed by atoms with Crippen LogP contribution in [0.15, 0.2) is 12.4 Å². The molecule has 0 aromatic carbocycles. The van der Waals surface area contributed by atoms with Gasteiger partial charge in [0.15, 0.2) is 18.1 Å². The van der Waals surface area contributed by atoms with Gasteiger partial charge in [-0.05, 0) is 12.8 Å². The van der Waals surface area contributed by atoms with Gasteiger partial charge in [0.1, 0.15) is 0 Å². The second kappa shape index (κ2) is 6.12. The molecule has 1 aliphatic carbocycles. The number of ether oxygens (including phenoxy) is 1. The number of nitrogens with one attached hydrogen (secondary N) is 1. The molecule has 0 unspecified atom stereocenters. The summed E-state index contributed by atoms with van der Waals surface area (Å²) in [4.78, 5) is 30.7. The van der Waals surface area contributed by atoms with Crippen LogP contribution in [0.4, 0.5) is 5.82 Å². The first kappa shape index (κ1) is 13.3. The molecule has 1 aliphatic rings. The molecule has 3 N–H and O–H groups in total. The summed E-state index contributed by atoms with van der Waals surface area (Å²) in [5.74, 6) is -1.06. The van der Waals surface area contributed by atoms with Crippen LogP contribution in [0, 0.1) is 0 Å². The molecule has 0 aliphatic heterocycles. The number of rotatable bonds is 4. The monoisotopic (exact) mass is 264 g/mol. The van der Waals surface area contributed by atoms with Crippen LogP contribution in [0.1, 0.15) is 36.2 Å². The van der Waals surface area contributed by atoms with Crippen molar-refractivity contribution in [1.29, 1.82) is 0 Å². The van der Waals surface area contributed by atoms with Crippen LogP contribution in [-0.2, 0) is 9.53 Å². The molecule has 7 heteroatoms. The van der Waals surface area contributed by atoms with Crippen LogP contribution >= 0.6 is 0 Å². The van der Waals surface area contributed by atoms with Crippen LogP contribution in [0.5, 0.6) is 0 Å². The molecule has 0 radical (unpaired) electrons. The zero-order valence-electron chi connectivity index (χ0n) is 10.5. The Balaban J connectivity index is 1.80. The van der Waals surface area contributed by atoms with E-state index in [-0.39, 0.29) is 30.1 Å². The van der Waals surface area contributed by atoms with Gasteiger partial charge in [-0.1, -0.05) is 12.8 Å². The normalized spacial score (nSPS) is 15.2. The molecule has 1 heterocycles. The lowest BCUT2D eigenvalue weighted by Crippen LogP contribution is -2.36. The van der Waals surface area contributed by atoms with E-state index in [1.54, 1.807) is 0 Å². The van der Waals surface area contributed by atoms with Crippen LogP contribution in [0.2, 0.25) is 0 Å². The quantitative estimate of drug-likeness (QED) is 0.756. The van der Waals surface area contributed by atoms with Crippen molar-refractivity contribution in [3.8, 4) is 0 Å². The van der Waals surface area contributed by atoms with Crippen molar-refractivity contribution in [1.82, 2.24) is 15.3 Å². The molecule has 0 saturated heterocycles. The number of carbonyl (C=O) groups excluding carboxylic acids is 2. The smallest absolute Gasteiger partial charge is 0.361 e. The highest BCUT2D eigenvalue weighted by Gasteiger charge is 2.19. The Labute approximate surface area is 110 Å². The van der Waals surface area contributed by atoms with E-state index in [2.05, 4.69) is 15.3 Å². The lowest BCUT2D eigenvalue weighted by molar-refractivity contribution is -0.124. The predicted molar refractivity (Wildman–Crippen MR) is 67.1 cm³/mol. The van der Waals surface area contributed by atoms with Gasteiger partial charge in [-0.15, -0.1) is 0 Å². The molecule has 1 saturated carbocycles. The average Bonchev–Trinajstić information content (AvgIpc) is 2.89. The number of carbonyl (C=O) groups is 2. The number of hydrogen-bond donors (Lipinski definition) is 2. The second-order valence-electron chi connectivity index (χ2n) is 4.42. The highest BCUT2D eigenvalue weighted by atomic mass is 16.5. The van der Waals surface area contributed by atoms with Crippen molar-refractivity contribution in [2.24, 2.45) is 0 Å². The zero-order chi connectivity index (χ0) is 13.7. The van der Waals surface area contributed by atoms with Gasteiger partial charge in [0.05, 0.1) is 0 Å². The Bertz CT molecular complexity index is 472. The van der Waals surface area contributed by atoms with Crippen molar-refractivity contribution in [3.63, 3.8) is 0 Å². The molecule has 0 bridgehead atoms. The third kappa shape index (κ3) is 3.64. The van der Waals surface area contributed by atoms with Crippen molar-refractivity contribution in [3.05, 3.63) is 18.1 Å². The van der Waals surface area contributed by atoms with E-state index >= 15 is 0 Å². The van der Waals surface area contributed by atoms with E-state index in [4.69, 9.17) is 10.5 Å². The molecule has 7 nitrogen and oxygen atoms in total. The number of nitrogens with two attached hydrogens (primary N) is 1. The Morgan fingerprint density at radius 1 is 1.32 bits per heavy atom. The van der Waals surface area contributed by atoms with Crippen LogP contribution in [0.3, 0.4) is 0 Å². The van der Waals surface area contributed by atoms with Gasteiger partial charge in [0.2, 0.25) is 0 Å². The summed E-state index contributed by atoms with van der Waals surface area (Å²) in [7, 11) is 0. The van der Waals surface area contributed by atoms with Crippen LogP contribution in [0.25, 0.3) is 0 Å². The first-order valence-electron chi connectivity index (χ1n) is 6.20. The molecule has 2 rings (SSSR count). The van der Waals surface area contributed by atoms with Gasteiger partial charge in [0, 0.05) is 18.4 Å². The standard InChI is InChI=1S/C12H16N4O3/c13-11-10(14-5-6-15-11)12(18)19-7-9(17)16-8-3-1-2-4-8/h5-6,8H,1-4,7H2,(H2,13,15)(H,16,17). The Hall–Kier alpha value is -2.18. The minimum absolute atomic E-state index is 0.0105.